The van der Waals surface area contributed by atoms with Gasteiger partial charge in [-0.05, 0) is 48.6 Å². The third-order valence-electron chi connectivity index (χ3n) is 6.97. The standard InChI is InChI=1S/C23H20ClN3O4/c1-2-23(30)14-7-17-20-12(8-27(17)21(28)13(14)9-31-22(23)29)19-15(25)4-3-10-5-11(24)6-16(26-20)18(10)19/h5-7,15,30H,2-4,8-9,25H2,1H3. The molecule has 0 amide bonds. The molecule has 0 radical (unpaired) electrons. The molecule has 2 atom stereocenters. The number of carbonyl (C=O) groups excluding carboxylic acids is 1. The molecule has 3 aromatic rings. The highest BCUT2D eigenvalue weighted by Gasteiger charge is 2.45. The van der Waals surface area contributed by atoms with E-state index >= 15 is 0 Å². The van der Waals surface area contributed by atoms with Gasteiger partial charge in [0.1, 0.15) is 6.61 Å². The molecule has 1 aliphatic carbocycles. The summed E-state index contributed by atoms with van der Waals surface area (Å²) in [6.07, 6.45) is 1.73. The largest absolute Gasteiger partial charge is 0.458 e. The van der Waals surface area contributed by atoms with Crippen LogP contribution in [0.15, 0.2) is 23.0 Å². The Morgan fingerprint density at radius 1 is 1.32 bits per heavy atom. The van der Waals surface area contributed by atoms with Gasteiger partial charge < -0.3 is 20.1 Å². The number of carbonyl (C=O) groups is 1. The van der Waals surface area contributed by atoms with Crippen LogP contribution in [0.4, 0.5) is 0 Å². The highest BCUT2D eigenvalue weighted by atomic mass is 35.5. The van der Waals surface area contributed by atoms with Crippen LogP contribution < -0.4 is 11.3 Å². The van der Waals surface area contributed by atoms with Gasteiger partial charge in [-0.25, -0.2) is 9.78 Å². The molecular formula is C23H20ClN3O4. The summed E-state index contributed by atoms with van der Waals surface area (Å²) in [6, 6.07) is 5.34. The summed E-state index contributed by atoms with van der Waals surface area (Å²) in [6.45, 7) is 1.89. The van der Waals surface area contributed by atoms with E-state index in [2.05, 4.69) is 0 Å². The van der Waals surface area contributed by atoms with Gasteiger partial charge >= 0.3 is 5.97 Å². The molecule has 2 aromatic heterocycles. The normalized spacial score (nSPS) is 23.4. The molecule has 2 unspecified atom stereocenters. The third kappa shape index (κ3) is 2.34. The average Bonchev–Trinajstić information content (AvgIpc) is 3.11. The lowest BCUT2D eigenvalue weighted by Crippen LogP contribution is -2.44. The molecule has 0 bridgehead atoms. The van der Waals surface area contributed by atoms with Crippen LogP contribution in [0.2, 0.25) is 5.02 Å². The van der Waals surface area contributed by atoms with Gasteiger partial charge in [-0.1, -0.05) is 18.5 Å². The molecule has 3 aliphatic rings. The molecule has 0 fully saturated rings. The zero-order chi connectivity index (χ0) is 21.7. The number of pyridine rings is 2. The first-order valence-corrected chi connectivity index (χ1v) is 10.8. The van der Waals surface area contributed by atoms with E-state index in [1.165, 1.54) is 0 Å². The zero-order valence-corrected chi connectivity index (χ0v) is 17.6. The van der Waals surface area contributed by atoms with Crippen molar-refractivity contribution in [1.82, 2.24) is 9.55 Å². The molecule has 0 saturated carbocycles. The smallest absolute Gasteiger partial charge is 0.343 e. The summed E-state index contributed by atoms with van der Waals surface area (Å²) >= 11 is 6.35. The first-order chi connectivity index (χ1) is 14.8. The fourth-order valence-electron chi connectivity index (χ4n) is 5.36. The molecule has 0 spiro atoms. The fourth-order valence-corrected chi connectivity index (χ4v) is 5.59. The van der Waals surface area contributed by atoms with Crippen LogP contribution in [-0.4, -0.2) is 20.6 Å². The molecule has 2 aliphatic heterocycles. The molecule has 8 heteroatoms. The number of ether oxygens (including phenoxy) is 1. The molecule has 3 N–H and O–H groups in total. The van der Waals surface area contributed by atoms with Crippen molar-refractivity contribution in [3.63, 3.8) is 0 Å². The van der Waals surface area contributed by atoms with Crippen molar-refractivity contribution < 1.29 is 14.6 Å². The lowest BCUT2D eigenvalue weighted by atomic mass is 9.83. The number of hydrogen-bond donors (Lipinski definition) is 2. The van der Waals surface area contributed by atoms with Gasteiger partial charge in [-0.3, -0.25) is 4.79 Å². The Bertz CT molecular complexity index is 1400. The van der Waals surface area contributed by atoms with Crippen LogP contribution in [0.5, 0.6) is 0 Å². The second kappa shape index (κ2) is 6.16. The van der Waals surface area contributed by atoms with E-state index in [0.717, 1.165) is 40.4 Å². The van der Waals surface area contributed by atoms with Gasteiger partial charge in [0.05, 0.1) is 29.0 Å². The molecule has 4 heterocycles. The molecule has 6 rings (SSSR count). The minimum atomic E-state index is -1.84. The molecule has 1 aromatic carbocycles. The van der Waals surface area contributed by atoms with Crippen LogP contribution in [0.25, 0.3) is 22.3 Å². The predicted molar refractivity (Wildman–Crippen MR) is 115 cm³/mol. The van der Waals surface area contributed by atoms with Crippen molar-refractivity contribution >= 4 is 28.5 Å². The molecule has 7 nitrogen and oxygen atoms in total. The van der Waals surface area contributed by atoms with Gasteiger partial charge in [-0.2, -0.15) is 0 Å². The highest BCUT2D eigenvalue weighted by molar-refractivity contribution is 6.31. The number of nitrogens with two attached hydrogens (primary N) is 1. The summed E-state index contributed by atoms with van der Waals surface area (Å²) in [7, 11) is 0. The number of rotatable bonds is 1. The summed E-state index contributed by atoms with van der Waals surface area (Å²) in [4.78, 5) is 30.6. The number of nitrogens with zero attached hydrogens (tertiary/aromatic N) is 2. The zero-order valence-electron chi connectivity index (χ0n) is 16.9. The minimum Gasteiger partial charge on any atom is -0.458 e. The van der Waals surface area contributed by atoms with Crippen LogP contribution in [0.1, 0.15) is 53.6 Å². The minimum absolute atomic E-state index is 0.106. The second-order valence-electron chi connectivity index (χ2n) is 8.56. The second-order valence-corrected chi connectivity index (χ2v) is 9.00. The van der Waals surface area contributed by atoms with Gasteiger partial charge in [0, 0.05) is 27.6 Å². The Morgan fingerprint density at radius 3 is 2.90 bits per heavy atom. The predicted octanol–water partition coefficient (Wildman–Crippen LogP) is 2.68. The summed E-state index contributed by atoms with van der Waals surface area (Å²) in [5.41, 5.74) is 10.1. The first-order valence-electron chi connectivity index (χ1n) is 10.4. The van der Waals surface area contributed by atoms with E-state index < -0.39 is 11.6 Å². The van der Waals surface area contributed by atoms with Crippen LogP contribution in [0, 0.1) is 0 Å². The average molecular weight is 438 g/mol. The highest BCUT2D eigenvalue weighted by Crippen LogP contribution is 2.44. The van der Waals surface area contributed by atoms with E-state index in [4.69, 9.17) is 27.1 Å². The molecular weight excluding hydrogens is 418 g/mol. The van der Waals surface area contributed by atoms with E-state index in [0.29, 0.717) is 34.1 Å². The lowest BCUT2D eigenvalue weighted by Gasteiger charge is -2.31. The summed E-state index contributed by atoms with van der Waals surface area (Å²) in [5, 5.41) is 12.7. The SMILES string of the molecule is CCC1(O)C(=O)OCc2c1cc1n(c2=O)Cc2c-1nc1cc(Cl)cc3c1c2C(N)CC3. The Balaban J connectivity index is 1.69. The fraction of sp³-hybridized carbons (Fsp3) is 0.348. The van der Waals surface area contributed by atoms with Crippen molar-refractivity contribution in [1.29, 1.82) is 0 Å². The van der Waals surface area contributed by atoms with Crippen molar-refractivity contribution in [3.8, 4) is 11.4 Å². The monoisotopic (exact) mass is 437 g/mol. The number of aliphatic hydroxyl groups is 1. The van der Waals surface area contributed by atoms with Crippen molar-refractivity contribution in [2.45, 2.75) is 51.0 Å². The number of hydrogen-bond acceptors (Lipinski definition) is 6. The van der Waals surface area contributed by atoms with Crippen LogP contribution in [0.3, 0.4) is 0 Å². The van der Waals surface area contributed by atoms with Gasteiger partial charge in [0.15, 0.2) is 5.60 Å². The molecule has 31 heavy (non-hydrogen) atoms. The van der Waals surface area contributed by atoms with E-state index in [9.17, 15) is 14.7 Å². The summed E-state index contributed by atoms with van der Waals surface area (Å²) in [5.74, 6) is -0.731. The lowest BCUT2D eigenvalue weighted by molar-refractivity contribution is -0.172. The molecule has 0 saturated heterocycles. The van der Waals surface area contributed by atoms with Crippen LogP contribution >= 0.6 is 11.6 Å². The Kier molecular flexibility index (Phi) is 3.77. The Morgan fingerprint density at radius 2 is 2.13 bits per heavy atom. The number of aryl methyl sites for hydroxylation is 1. The number of esters is 1. The number of aromatic nitrogens is 2. The number of benzene rings is 1. The summed E-state index contributed by atoms with van der Waals surface area (Å²) < 4.78 is 6.78. The van der Waals surface area contributed by atoms with E-state index in [-0.39, 0.29) is 24.6 Å². The topological polar surface area (TPSA) is 107 Å². The van der Waals surface area contributed by atoms with Crippen molar-refractivity contribution in [2.24, 2.45) is 5.73 Å². The van der Waals surface area contributed by atoms with Gasteiger partial charge in [-0.15, -0.1) is 0 Å². The Labute approximate surface area is 182 Å². The number of cyclic esters (lactones) is 1. The van der Waals surface area contributed by atoms with Crippen LogP contribution in [-0.2, 0) is 34.7 Å². The third-order valence-corrected chi connectivity index (χ3v) is 7.19. The van der Waals surface area contributed by atoms with Crippen molar-refractivity contribution in [3.05, 3.63) is 61.4 Å². The molecule has 158 valence electrons. The van der Waals surface area contributed by atoms with Crippen molar-refractivity contribution in [2.75, 3.05) is 0 Å². The maximum atomic E-state index is 13.4. The quantitative estimate of drug-likeness (QED) is 0.443. The van der Waals surface area contributed by atoms with Gasteiger partial charge in [0.2, 0.25) is 0 Å². The maximum Gasteiger partial charge on any atom is 0.343 e. The number of halogens is 1. The number of fused-ring (bicyclic) bond motifs is 5. The Hall–Kier alpha value is -2.74. The first kappa shape index (κ1) is 19.0. The van der Waals surface area contributed by atoms with E-state index in [1.807, 2.05) is 12.1 Å². The maximum absolute atomic E-state index is 13.4. The van der Waals surface area contributed by atoms with E-state index in [1.54, 1.807) is 17.6 Å². The van der Waals surface area contributed by atoms with Gasteiger partial charge in [0.25, 0.3) is 5.56 Å².